The molecule has 394 valence electrons. The number of carbonyl (C=O) groups excluding carboxylic acids is 5. The molecule has 7 atom stereocenters. The molecule has 0 spiro atoms. The van der Waals surface area contributed by atoms with E-state index in [4.69, 9.17) is 40.0 Å². The van der Waals surface area contributed by atoms with Gasteiger partial charge in [0.05, 0.1) is 26.3 Å². The monoisotopic (exact) mass is 1030 g/mol. The Balaban J connectivity index is 0.986. The first-order valence-corrected chi connectivity index (χ1v) is 25.6. The molecule has 0 aromatic heterocycles. The maximum absolute atomic E-state index is 14.6. The minimum Gasteiger partial charge on any atom is -0.493 e. The third-order valence-electron chi connectivity index (χ3n) is 14.5. The molecule has 1 saturated heterocycles. The molecule has 4 aromatic rings. The normalized spacial score (nSPS) is 20.9. The van der Waals surface area contributed by atoms with Crippen LogP contribution in [0.2, 0.25) is 0 Å². The molecule has 0 radical (unpaired) electrons. The van der Waals surface area contributed by atoms with Crippen LogP contribution in [0, 0.1) is 17.8 Å². The molecular weight excluding hydrogens is 956 g/mol. The zero-order valence-electron chi connectivity index (χ0n) is 43.8. The highest BCUT2D eigenvalue weighted by Gasteiger charge is 2.45. The predicted octanol–water partition coefficient (Wildman–Crippen LogP) is 7.69. The van der Waals surface area contributed by atoms with E-state index < -0.39 is 30.5 Å². The third kappa shape index (κ3) is 12.4. The average Bonchev–Trinajstić information content (AvgIpc) is 3.98. The fourth-order valence-corrected chi connectivity index (χ4v) is 9.98. The van der Waals surface area contributed by atoms with Crippen LogP contribution in [0.15, 0.2) is 60.7 Å². The zero-order valence-corrected chi connectivity index (χ0v) is 44.5. The molecule has 4 amide bonds. The van der Waals surface area contributed by atoms with Crippen LogP contribution in [0.4, 0.5) is 21.9 Å². The van der Waals surface area contributed by atoms with Gasteiger partial charge < -0.3 is 58.7 Å². The lowest BCUT2D eigenvalue weighted by Crippen LogP contribution is -2.50. The van der Waals surface area contributed by atoms with Gasteiger partial charge in [0.2, 0.25) is 24.0 Å². The van der Waals surface area contributed by atoms with E-state index in [0.29, 0.717) is 60.4 Å². The Morgan fingerprint density at radius 2 is 1.60 bits per heavy atom. The van der Waals surface area contributed by atoms with Crippen molar-refractivity contribution in [2.75, 3.05) is 96.6 Å². The van der Waals surface area contributed by atoms with Crippen LogP contribution in [-0.4, -0.2) is 144 Å². The zero-order chi connectivity index (χ0) is 52.7. The van der Waals surface area contributed by atoms with Gasteiger partial charge in [-0.1, -0.05) is 58.0 Å². The van der Waals surface area contributed by atoms with Gasteiger partial charge in [-0.25, -0.2) is 9.59 Å². The molecule has 3 heterocycles. The molecule has 4 aromatic carbocycles. The Bertz CT molecular complexity index is 2670. The van der Waals surface area contributed by atoms with Gasteiger partial charge in [-0.3, -0.25) is 14.4 Å². The summed E-state index contributed by atoms with van der Waals surface area (Å²) in [4.78, 5) is 74.1. The van der Waals surface area contributed by atoms with Crippen LogP contribution in [0.3, 0.4) is 0 Å². The second kappa shape index (κ2) is 24.2. The number of benzene rings is 4. The highest BCUT2D eigenvalue weighted by molar-refractivity contribution is 6.19. The third-order valence-corrected chi connectivity index (χ3v) is 14.8. The Morgan fingerprint density at radius 3 is 2.30 bits per heavy atom. The molecule has 0 aliphatic carbocycles. The molecule has 73 heavy (non-hydrogen) atoms. The van der Waals surface area contributed by atoms with Crippen molar-refractivity contribution in [1.29, 1.82) is 0 Å². The number of anilines is 3. The van der Waals surface area contributed by atoms with Crippen LogP contribution in [0.1, 0.15) is 68.7 Å². The number of likely N-dealkylation sites (N-methyl/N-ethyl adjacent to an activating group) is 3. The summed E-state index contributed by atoms with van der Waals surface area (Å²) in [6.45, 7) is 9.82. The van der Waals surface area contributed by atoms with E-state index in [0.717, 1.165) is 45.4 Å². The SMILES string of the molecule is CCCC(=O)Nc1cc(COC(=O)N(C)CCN(C)C(=O)Cc2cc3c(c4ccccc24)[C@H](CCl)CN3C(=O)C2Cc3cc(OCCN(C)C)c(OC)cc3N2)ccc1O[C@H]1O[C@H](C(=O)OC)[C@@H](C)[C@H](C)[C@H]1C. The molecule has 7 rings (SSSR count). The van der Waals surface area contributed by atoms with E-state index in [1.807, 2.05) is 94.1 Å². The highest BCUT2D eigenvalue weighted by atomic mass is 35.5. The smallest absolute Gasteiger partial charge is 0.409 e. The van der Waals surface area contributed by atoms with Crippen molar-refractivity contribution in [2.45, 2.75) is 84.3 Å². The molecule has 1 unspecified atom stereocenters. The van der Waals surface area contributed by atoms with E-state index in [1.165, 1.54) is 12.0 Å². The summed E-state index contributed by atoms with van der Waals surface area (Å²) in [5.74, 6) is 0.680. The molecule has 17 nitrogen and oxygen atoms in total. The number of carbonyl (C=O) groups is 5. The minimum atomic E-state index is -0.812. The number of esters is 1. The Morgan fingerprint density at radius 1 is 0.863 bits per heavy atom. The minimum absolute atomic E-state index is 0.0577. The number of hydrogen-bond donors (Lipinski definition) is 2. The van der Waals surface area contributed by atoms with Gasteiger partial charge in [0.1, 0.15) is 25.0 Å². The number of halogens is 1. The van der Waals surface area contributed by atoms with Gasteiger partial charge in [0.25, 0.3) is 0 Å². The summed E-state index contributed by atoms with van der Waals surface area (Å²) in [6.07, 6.45) is -0.768. The molecule has 0 bridgehead atoms. The van der Waals surface area contributed by atoms with Gasteiger partial charge in [-0.2, -0.15) is 0 Å². The van der Waals surface area contributed by atoms with Crippen molar-refractivity contribution in [1.82, 2.24) is 14.7 Å². The first-order valence-electron chi connectivity index (χ1n) is 25.1. The van der Waals surface area contributed by atoms with E-state index in [-0.39, 0.29) is 73.9 Å². The maximum atomic E-state index is 14.6. The Hall–Kier alpha value is -6.30. The van der Waals surface area contributed by atoms with Crippen molar-refractivity contribution in [2.24, 2.45) is 17.8 Å². The van der Waals surface area contributed by atoms with E-state index in [9.17, 15) is 24.0 Å². The number of nitrogens with zero attached hydrogens (tertiary/aromatic N) is 4. The number of rotatable bonds is 20. The first kappa shape index (κ1) is 54.5. The quantitative estimate of drug-likeness (QED) is 0.0652. The Kier molecular flexibility index (Phi) is 18.0. The summed E-state index contributed by atoms with van der Waals surface area (Å²) in [6, 6.07) is 18.3. The summed E-state index contributed by atoms with van der Waals surface area (Å²) >= 11 is 6.63. The number of amides is 4. The van der Waals surface area contributed by atoms with Crippen LogP contribution in [0.25, 0.3) is 10.8 Å². The second-order valence-corrected chi connectivity index (χ2v) is 20.1. The standard InChI is InChI=1S/C55H71ClN6O11/c1-11-14-48(63)58-42-23-35(17-18-45(42)72-54-34(4)32(2)33(3)51(73-54)53(66)69-10)31-71-55(67)61(8)20-19-60(7)49(64)27-36-25-44-50(40-16-13-12-15-39(36)40)38(29-56)30-62(44)52(65)43-24-37-26-47(70-22-21-59(5)6)46(68-9)28-41(37)57-43/h12-13,15-18,23,25-26,28,32-34,38,43,51,54,57H,11,14,19-22,24,27,29-31H2,1-10H3,(H,58,63)/t32-,33-,34+,38+,43?,51-,54-/m0/s1. The van der Waals surface area contributed by atoms with Crippen molar-refractivity contribution >= 4 is 69.2 Å². The van der Waals surface area contributed by atoms with E-state index in [1.54, 1.807) is 44.3 Å². The van der Waals surface area contributed by atoms with Gasteiger partial charge in [0, 0.05) is 88.3 Å². The van der Waals surface area contributed by atoms with Crippen molar-refractivity contribution in [3.05, 3.63) is 82.9 Å². The van der Waals surface area contributed by atoms with Crippen LogP contribution < -0.4 is 29.7 Å². The molecule has 1 fully saturated rings. The fourth-order valence-electron chi connectivity index (χ4n) is 9.73. The van der Waals surface area contributed by atoms with Crippen molar-refractivity contribution in [3.63, 3.8) is 0 Å². The summed E-state index contributed by atoms with van der Waals surface area (Å²) in [5.41, 5.74) is 5.26. The number of nitrogens with one attached hydrogen (secondary N) is 2. The summed E-state index contributed by atoms with van der Waals surface area (Å²) < 4.78 is 34.9. The number of alkyl halides is 1. The number of hydrogen-bond acceptors (Lipinski definition) is 13. The molecule has 3 aliphatic heterocycles. The number of fused-ring (bicyclic) bond motifs is 4. The number of methoxy groups -OCH3 is 2. The van der Waals surface area contributed by atoms with Gasteiger partial charge in [0.15, 0.2) is 17.6 Å². The molecule has 2 N–H and O–H groups in total. The molecule has 18 heteroatoms. The molecule has 3 aliphatic rings. The second-order valence-electron chi connectivity index (χ2n) is 19.8. The Labute approximate surface area is 433 Å². The average molecular weight is 1030 g/mol. The molecular formula is C55H71ClN6O11. The van der Waals surface area contributed by atoms with Crippen LogP contribution in [0.5, 0.6) is 17.2 Å². The predicted molar refractivity (Wildman–Crippen MR) is 281 cm³/mol. The van der Waals surface area contributed by atoms with E-state index >= 15 is 0 Å². The number of ether oxygens (including phenoxy) is 6. The van der Waals surface area contributed by atoms with Crippen LogP contribution >= 0.6 is 11.6 Å². The summed E-state index contributed by atoms with van der Waals surface area (Å²) in [5, 5.41) is 8.21. The topological polar surface area (TPSA) is 178 Å². The van der Waals surface area contributed by atoms with Crippen LogP contribution in [-0.2, 0) is 52.8 Å². The lowest BCUT2D eigenvalue weighted by atomic mass is 9.79. The highest BCUT2D eigenvalue weighted by Crippen LogP contribution is 2.45. The van der Waals surface area contributed by atoms with Crippen molar-refractivity contribution < 1.29 is 52.4 Å². The lowest BCUT2D eigenvalue weighted by molar-refractivity contribution is -0.221. The molecule has 0 saturated carbocycles. The summed E-state index contributed by atoms with van der Waals surface area (Å²) in [7, 11) is 10.2. The van der Waals surface area contributed by atoms with Crippen molar-refractivity contribution in [3.8, 4) is 17.2 Å². The maximum Gasteiger partial charge on any atom is 0.409 e. The van der Waals surface area contributed by atoms with Gasteiger partial charge in [-0.05, 0) is 89.6 Å². The lowest BCUT2D eigenvalue weighted by Gasteiger charge is -2.42. The van der Waals surface area contributed by atoms with Gasteiger partial charge in [-0.15, -0.1) is 11.6 Å². The largest absolute Gasteiger partial charge is 0.493 e. The van der Waals surface area contributed by atoms with E-state index in [2.05, 4.69) is 10.6 Å². The first-order chi connectivity index (χ1) is 35.0. The van der Waals surface area contributed by atoms with Gasteiger partial charge >= 0.3 is 12.1 Å². The fraction of sp³-hybridized carbons (Fsp3) is 0.509.